The van der Waals surface area contributed by atoms with Crippen LogP contribution in [-0.2, 0) is 12.8 Å². The number of aromatic nitrogens is 1. The summed E-state index contributed by atoms with van der Waals surface area (Å²) in [7, 11) is 1.84. The van der Waals surface area contributed by atoms with Crippen molar-refractivity contribution in [3.63, 3.8) is 0 Å². The van der Waals surface area contributed by atoms with Gasteiger partial charge in [-0.05, 0) is 31.9 Å². The monoisotopic (exact) mass is 454 g/mol. The average molecular weight is 454 g/mol. The van der Waals surface area contributed by atoms with Crippen molar-refractivity contribution < 1.29 is 0 Å². The summed E-state index contributed by atoms with van der Waals surface area (Å²) in [6, 6.07) is 0.569. The highest BCUT2D eigenvalue weighted by atomic mass is 127. The van der Waals surface area contributed by atoms with Crippen LogP contribution in [0.4, 0.5) is 0 Å². The van der Waals surface area contributed by atoms with Gasteiger partial charge in [-0.2, -0.15) is 11.8 Å². The lowest BCUT2D eigenvalue weighted by molar-refractivity contribution is 0.614. The number of nitrogens with zero attached hydrogens (tertiary/aromatic N) is 2. The molecule has 1 fully saturated rings. The van der Waals surface area contributed by atoms with E-state index >= 15 is 0 Å². The Hall–Kier alpha value is -0.0200. The maximum absolute atomic E-state index is 4.59. The van der Waals surface area contributed by atoms with E-state index in [-0.39, 0.29) is 24.0 Å². The van der Waals surface area contributed by atoms with Crippen molar-refractivity contribution in [3.8, 4) is 0 Å². The molecule has 2 N–H and O–H groups in total. The van der Waals surface area contributed by atoms with E-state index in [1.165, 1.54) is 30.0 Å². The first-order chi connectivity index (χ1) is 10.2. The number of guanidine groups is 1. The summed E-state index contributed by atoms with van der Waals surface area (Å²) in [5.41, 5.74) is 1.18. The van der Waals surface area contributed by atoms with Crippen LogP contribution < -0.4 is 10.6 Å². The van der Waals surface area contributed by atoms with Gasteiger partial charge in [-0.25, -0.2) is 4.98 Å². The van der Waals surface area contributed by atoms with E-state index in [4.69, 9.17) is 0 Å². The molecule has 0 bridgehead atoms. The first kappa shape index (κ1) is 20.0. The Bertz CT molecular complexity index is 464. The number of aryl methyl sites for hydroxylation is 1. The second kappa shape index (κ2) is 10.7. The number of hydrogen-bond donors (Lipinski definition) is 2. The minimum absolute atomic E-state index is 0. The standard InChI is InChI=1S/C15H26N4S2.HI/c1-4-14-18-12(10-21-14)7-8-17-15(16-2)19-11-5-6-13(9-11)20-3;/h10-11,13H,4-9H2,1-3H3,(H2,16,17,19);1H. The van der Waals surface area contributed by atoms with Crippen LogP contribution in [0, 0.1) is 0 Å². The van der Waals surface area contributed by atoms with Crippen LogP contribution in [0.5, 0.6) is 0 Å². The SMILES string of the molecule is CCc1nc(CCNC(=NC)NC2CCC(SC)C2)cs1.I. The highest BCUT2D eigenvalue weighted by Crippen LogP contribution is 2.27. The predicted molar refractivity (Wildman–Crippen MR) is 110 cm³/mol. The van der Waals surface area contributed by atoms with E-state index in [1.54, 1.807) is 11.3 Å². The average Bonchev–Trinajstić information content (AvgIpc) is 3.15. The topological polar surface area (TPSA) is 49.3 Å². The van der Waals surface area contributed by atoms with Gasteiger partial charge in [0, 0.05) is 36.7 Å². The van der Waals surface area contributed by atoms with Gasteiger partial charge in [-0.3, -0.25) is 4.99 Å². The van der Waals surface area contributed by atoms with Gasteiger partial charge in [0.15, 0.2) is 5.96 Å². The number of nitrogens with one attached hydrogen (secondary N) is 2. The molecule has 0 aliphatic heterocycles. The molecule has 0 radical (unpaired) electrons. The second-order valence-electron chi connectivity index (χ2n) is 5.35. The lowest BCUT2D eigenvalue weighted by atomic mass is 10.2. The fourth-order valence-corrected chi connectivity index (χ4v) is 4.18. The smallest absolute Gasteiger partial charge is 0.191 e. The third kappa shape index (κ3) is 6.23. The zero-order valence-electron chi connectivity index (χ0n) is 13.6. The first-order valence-corrected chi connectivity index (χ1v) is 9.85. The summed E-state index contributed by atoms with van der Waals surface area (Å²) in [4.78, 5) is 8.92. The van der Waals surface area contributed by atoms with Gasteiger partial charge in [0.05, 0.1) is 10.7 Å². The summed E-state index contributed by atoms with van der Waals surface area (Å²) in [6.07, 6.45) is 7.99. The fraction of sp³-hybridized carbons (Fsp3) is 0.733. The molecule has 22 heavy (non-hydrogen) atoms. The molecular weight excluding hydrogens is 427 g/mol. The molecule has 2 rings (SSSR count). The van der Waals surface area contributed by atoms with E-state index in [0.29, 0.717) is 6.04 Å². The maximum atomic E-state index is 4.59. The van der Waals surface area contributed by atoms with Gasteiger partial charge in [0.2, 0.25) is 0 Å². The summed E-state index contributed by atoms with van der Waals surface area (Å²) in [5, 5.41) is 11.1. The first-order valence-electron chi connectivity index (χ1n) is 7.68. The third-order valence-corrected chi connectivity index (χ3v) is 5.99. The fourth-order valence-electron chi connectivity index (χ4n) is 2.61. The molecule has 0 spiro atoms. The highest BCUT2D eigenvalue weighted by Gasteiger charge is 2.24. The lowest BCUT2D eigenvalue weighted by Crippen LogP contribution is -2.43. The van der Waals surface area contributed by atoms with Crippen molar-refractivity contribution in [3.05, 3.63) is 16.1 Å². The summed E-state index contributed by atoms with van der Waals surface area (Å²) in [5.74, 6) is 0.924. The molecule has 126 valence electrons. The molecule has 0 aromatic carbocycles. The number of hydrogen-bond acceptors (Lipinski definition) is 4. The summed E-state index contributed by atoms with van der Waals surface area (Å²) < 4.78 is 0. The molecule has 1 aliphatic carbocycles. The normalized spacial score (nSPS) is 21.5. The zero-order chi connectivity index (χ0) is 15.1. The second-order valence-corrected chi connectivity index (χ2v) is 7.43. The molecule has 0 saturated heterocycles. The molecule has 1 saturated carbocycles. The van der Waals surface area contributed by atoms with E-state index in [0.717, 1.165) is 30.6 Å². The number of aliphatic imine (C=N–C) groups is 1. The molecule has 2 unspecified atom stereocenters. The van der Waals surface area contributed by atoms with Crippen molar-refractivity contribution in [1.29, 1.82) is 0 Å². The minimum Gasteiger partial charge on any atom is -0.356 e. The summed E-state index contributed by atoms with van der Waals surface area (Å²) >= 11 is 3.74. The molecule has 1 aromatic heterocycles. The van der Waals surface area contributed by atoms with Crippen molar-refractivity contribution in [2.24, 2.45) is 4.99 Å². The summed E-state index contributed by atoms with van der Waals surface area (Å²) in [6.45, 7) is 3.03. The largest absolute Gasteiger partial charge is 0.356 e. The van der Waals surface area contributed by atoms with Crippen molar-refractivity contribution in [1.82, 2.24) is 15.6 Å². The van der Waals surface area contributed by atoms with E-state index in [9.17, 15) is 0 Å². The quantitative estimate of drug-likeness (QED) is 0.394. The maximum Gasteiger partial charge on any atom is 0.191 e. The molecule has 4 nitrogen and oxygen atoms in total. The number of halogens is 1. The third-order valence-electron chi connectivity index (χ3n) is 3.86. The van der Waals surface area contributed by atoms with Crippen LogP contribution in [-0.4, -0.2) is 42.1 Å². The number of thiazole rings is 1. The van der Waals surface area contributed by atoms with Gasteiger partial charge in [-0.1, -0.05) is 6.92 Å². The van der Waals surface area contributed by atoms with Gasteiger partial charge >= 0.3 is 0 Å². The van der Waals surface area contributed by atoms with Gasteiger partial charge in [-0.15, -0.1) is 35.3 Å². The molecule has 1 aromatic rings. The van der Waals surface area contributed by atoms with Crippen LogP contribution >= 0.6 is 47.1 Å². The van der Waals surface area contributed by atoms with Crippen molar-refractivity contribution >= 4 is 53.0 Å². The molecule has 1 aliphatic rings. The number of thioether (sulfide) groups is 1. The highest BCUT2D eigenvalue weighted by molar-refractivity contribution is 14.0. The van der Waals surface area contributed by atoms with Gasteiger partial charge < -0.3 is 10.6 Å². The number of rotatable bonds is 6. The van der Waals surface area contributed by atoms with Crippen LogP contribution in [0.15, 0.2) is 10.4 Å². The molecule has 1 heterocycles. The molecule has 2 atom stereocenters. The van der Waals surface area contributed by atoms with Gasteiger partial charge in [0.1, 0.15) is 0 Å². The van der Waals surface area contributed by atoms with Crippen LogP contribution in [0.2, 0.25) is 0 Å². The van der Waals surface area contributed by atoms with E-state index in [1.807, 2.05) is 18.8 Å². The Balaban J connectivity index is 0.00000242. The predicted octanol–water partition coefficient (Wildman–Crippen LogP) is 3.32. The zero-order valence-corrected chi connectivity index (χ0v) is 17.6. The molecule has 0 amide bonds. The van der Waals surface area contributed by atoms with Crippen LogP contribution in [0.1, 0.15) is 36.9 Å². The van der Waals surface area contributed by atoms with Crippen LogP contribution in [0.3, 0.4) is 0 Å². The Kier molecular flexibility index (Phi) is 9.74. The Labute approximate surface area is 159 Å². The minimum atomic E-state index is 0. The lowest BCUT2D eigenvalue weighted by Gasteiger charge is -2.17. The van der Waals surface area contributed by atoms with E-state index < -0.39 is 0 Å². The van der Waals surface area contributed by atoms with Crippen molar-refractivity contribution in [2.45, 2.75) is 50.3 Å². The van der Waals surface area contributed by atoms with Crippen molar-refractivity contribution in [2.75, 3.05) is 19.8 Å². The van der Waals surface area contributed by atoms with E-state index in [2.05, 4.69) is 39.2 Å². The molecule has 7 heteroatoms. The Morgan fingerprint density at radius 1 is 1.50 bits per heavy atom. The van der Waals surface area contributed by atoms with Crippen LogP contribution in [0.25, 0.3) is 0 Å². The Morgan fingerprint density at radius 2 is 2.32 bits per heavy atom. The Morgan fingerprint density at radius 3 is 2.91 bits per heavy atom. The molecular formula is C15H27IN4S2. The van der Waals surface area contributed by atoms with Gasteiger partial charge in [0.25, 0.3) is 0 Å².